The van der Waals surface area contributed by atoms with Crippen LogP contribution in [0.3, 0.4) is 0 Å². The maximum Gasteiger partial charge on any atom is 0.252 e. The molecule has 0 aliphatic heterocycles. The number of halogens is 1. The average molecular weight is 370 g/mol. The number of nitrogens with two attached hydrogens (primary N) is 1. The van der Waals surface area contributed by atoms with E-state index in [-0.39, 0.29) is 17.1 Å². The highest BCUT2D eigenvalue weighted by molar-refractivity contribution is 7.07. The fraction of sp³-hybridized carbons (Fsp3) is 0.0556. The Hall–Kier alpha value is -3.26. The number of carbonyl (C=O) groups is 1. The molecule has 0 radical (unpaired) electrons. The zero-order chi connectivity index (χ0) is 18.7. The van der Waals surface area contributed by atoms with Crippen LogP contribution >= 0.6 is 11.3 Å². The normalized spacial score (nSPS) is 12.0. The summed E-state index contributed by atoms with van der Waals surface area (Å²) in [5.74, 6) is -1.27. The Labute approximate surface area is 152 Å². The van der Waals surface area contributed by atoms with E-state index in [9.17, 15) is 14.3 Å². The molecule has 2 aromatic carbocycles. The molecule has 0 aliphatic rings. The fourth-order valence-corrected chi connectivity index (χ4v) is 3.17. The predicted molar refractivity (Wildman–Crippen MR) is 98.8 cm³/mol. The van der Waals surface area contributed by atoms with Crippen molar-refractivity contribution in [3.05, 3.63) is 69.6 Å². The summed E-state index contributed by atoms with van der Waals surface area (Å²) < 4.78 is 14.9. The van der Waals surface area contributed by atoms with Crippen molar-refractivity contribution in [3.8, 4) is 17.0 Å². The van der Waals surface area contributed by atoms with Crippen LogP contribution in [-0.2, 0) is 0 Å². The smallest absolute Gasteiger partial charge is 0.252 e. The molecule has 6 nitrogen and oxygen atoms in total. The van der Waals surface area contributed by atoms with Gasteiger partial charge in [-0.25, -0.2) is 9.07 Å². The van der Waals surface area contributed by atoms with E-state index in [1.54, 1.807) is 29.9 Å². The third kappa shape index (κ3) is 3.55. The third-order valence-electron chi connectivity index (χ3n) is 3.61. The third-order valence-corrected chi connectivity index (χ3v) is 4.51. The summed E-state index contributed by atoms with van der Waals surface area (Å²) in [6.45, 7) is 0. The first-order chi connectivity index (χ1) is 12.5. The minimum absolute atomic E-state index is 0.0179. The molecule has 0 atom stereocenters. The van der Waals surface area contributed by atoms with E-state index in [2.05, 4.69) is 10.1 Å². The molecule has 3 N–H and O–H groups in total. The van der Waals surface area contributed by atoms with Crippen LogP contribution in [0.1, 0.15) is 15.9 Å². The molecule has 1 heterocycles. The van der Waals surface area contributed by atoms with Crippen LogP contribution in [0.4, 0.5) is 4.39 Å². The van der Waals surface area contributed by atoms with Crippen LogP contribution in [0.25, 0.3) is 11.3 Å². The first-order valence-electron chi connectivity index (χ1n) is 7.56. The lowest BCUT2D eigenvalue weighted by atomic mass is 10.1. The van der Waals surface area contributed by atoms with Crippen LogP contribution < -0.4 is 10.5 Å². The van der Waals surface area contributed by atoms with Gasteiger partial charge in [0.15, 0.2) is 0 Å². The van der Waals surface area contributed by atoms with Gasteiger partial charge in [0.2, 0.25) is 4.80 Å². The Morgan fingerprint density at radius 1 is 1.31 bits per heavy atom. The number of hydrogen-bond donors (Lipinski definition) is 2. The van der Waals surface area contributed by atoms with Gasteiger partial charge in [0.25, 0.3) is 5.91 Å². The average Bonchev–Trinajstić information content (AvgIpc) is 3.03. The number of aromatic hydroxyl groups is 1. The summed E-state index contributed by atoms with van der Waals surface area (Å²) in [6.07, 6.45) is 1.52. The van der Waals surface area contributed by atoms with Gasteiger partial charge in [-0.15, -0.1) is 11.3 Å². The van der Waals surface area contributed by atoms with E-state index in [1.807, 2.05) is 5.38 Å². The van der Waals surface area contributed by atoms with Crippen molar-refractivity contribution < 1.29 is 14.3 Å². The largest absolute Gasteiger partial charge is 0.507 e. The second-order valence-corrected chi connectivity index (χ2v) is 6.17. The van der Waals surface area contributed by atoms with Gasteiger partial charge >= 0.3 is 0 Å². The van der Waals surface area contributed by atoms with E-state index < -0.39 is 5.91 Å². The second-order valence-electron chi connectivity index (χ2n) is 5.33. The highest BCUT2D eigenvalue weighted by Crippen LogP contribution is 2.26. The Balaban J connectivity index is 2.09. The number of phenols is 1. The summed E-state index contributed by atoms with van der Waals surface area (Å²) in [6, 6.07) is 10.6. The summed E-state index contributed by atoms with van der Waals surface area (Å²) in [4.78, 5) is 16.3. The van der Waals surface area contributed by atoms with E-state index in [1.165, 1.54) is 41.8 Å². The molecular formula is C18H15FN4O2S. The molecular weight excluding hydrogens is 355 g/mol. The number of amides is 1. The number of nitrogens with zero attached hydrogens (tertiary/aromatic N) is 3. The van der Waals surface area contributed by atoms with Crippen LogP contribution in [-0.4, -0.2) is 29.0 Å². The van der Waals surface area contributed by atoms with Crippen molar-refractivity contribution in [1.82, 2.24) is 4.68 Å². The van der Waals surface area contributed by atoms with Crippen molar-refractivity contribution >= 4 is 23.5 Å². The number of rotatable bonds is 4. The molecule has 0 fully saturated rings. The number of primary amides is 1. The Morgan fingerprint density at radius 3 is 2.81 bits per heavy atom. The molecule has 0 bridgehead atoms. The van der Waals surface area contributed by atoms with Crippen LogP contribution in [0.2, 0.25) is 0 Å². The molecule has 132 valence electrons. The van der Waals surface area contributed by atoms with Gasteiger partial charge in [-0.1, -0.05) is 12.1 Å². The second kappa shape index (κ2) is 7.32. The number of carbonyl (C=O) groups excluding carboxylic acids is 1. The molecule has 0 spiro atoms. The molecule has 3 aromatic rings. The predicted octanol–water partition coefficient (Wildman–Crippen LogP) is 2.57. The van der Waals surface area contributed by atoms with Crippen LogP contribution in [0.5, 0.6) is 5.75 Å². The monoisotopic (exact) mass is 370 g/mol. The van der Waals surface area contributed by atoms with E-state index in [0.29, 0.717) is 21.6 Å². The Bertz CT molecular complexity index is 1070. The zero-order valence-corrected chi connectivity index (χ0v) is 14.6. The van der Waals surface area contributed by atoms with Crippen molar-refractivity contribution in [1.29, 1.82) is 0 Å². The van der Waals surface area contributed by atoms with Gasteiger partial charge in [-0.05, 0) is 35.9 Å². The molecule has 3 rings (SSSR count). The maximum absolute atomic E-state index is 13.3. The van der Waals surface area contributed by atoms with Crippen molar-refractivity contribution in [2.75, 3.05) is 7.05 Å². The van der Waals surface area contributed by atoms with Gasteiger partial charge < -0.3 is 10.8 Å². The first kappa shape index (κ1) is 17.6. The van der Waals surface area contributed by atoms with E-state index in [4.69, 9.17) is 5.73 Å². The summed E-state index contributed by atoms with van der Waals surface area (Å²) >= 11 is 1.36. The van der Waals surface area contributed by atoms with Gasteiger partial charge in [-0.2, -0.15) is 5.10 Å². The summed E-state index contributed by atoms with van der Waals surface area (Å²) in [5.41, 5.74) is 7.20. The zero-order valence-electron chi connectivity index (χ0n) is 13.8. The molecule has 0 saturated heterocycles. The van der Waals surface area contributed by atoms with Gasteiger partial charge in [0, 0.05) is 18.0 Å². The topological polar surface area (TPSA) is 93.0 Å². The minimum Gasteiger partial charge on any atom is -0.507 e. The van der Waals surface area contributed by atoms with Crippen molar-refractivity contribution in [3.63, 3.8) is 0 Å². The lowest BCUT2D eigenvalue weighted by Crippen LogP contribution is -2.13. The molecule has 0 saturated carbocycles. The van der Waals surface area contributed by atoms with Crippen molar-refractivity contribution in [2.24, 2.45) is 15.8 Å². The highest BCUT2D eigenvalue weighted by Gasteiger charge is 2.13. The number of thiazole rings is 1. The quantitative estimate of drug-likeness (QED) is 0.691. The van der Waals surface area contributed by atoms with Crippen LogP contribution in [0.15, 0.2) is 57.9 Å². The SMILES string of the molecule is CN=c1scc(-c2ccc(O)c(C(N)=O)c2)n1/N=C\c1cccc(F)c1. The molecule has 0 unspecified atom stereocenters. The maximum atomic E-state index is 13.3. The molecule has 1 amide bonds. The van der Waals surface area contributed by atoms with Gasteiger partial charge in [0.05, 0.1) is 17.5 Å². The lowest BCUT2D eigenvalue weighted by molar-refractivity contribution is 0.0998. The molecule has 26 heavy (non-hydrogen) atoms. The highest BCUT2D eigenvalue weighted by atomic mass is 32.1. The molecule has 1 aromatic heterocycles. The Morgan fingerprint density at radius 2 is 2.12 bits per heavy atom. The molecule has 0 aliphatic carbocycles. The number of aromatic nitrogens is 1. The Kier molecular flexibility index (Phi) is 4.94. The van der Waals surface area contributed by atoms with E-state index >= 15 is 0 Å². The minimum atomic E-state index is -0.727. The number of benzene rings is 2. The summed E-state index contributed by atoms with van der Waals surface area (Å²) in [5, 5.41) is 16.0. The van der Waals surface area contributed by atoms with Crippen LogP contribution in [0, 0.1) is 5.82 Å². The van der Waals surface area contributed by atoms with Gasteiger partial charge in [-0.3, -0.25) is 9.79 Å². The summed E-state index contributed by atoms with van der Waals surface area (Å²) in [7, 11) is 1.63. The van der Waals surface area contributed by atoms with E-state index in [0.717, 1.165) is 0 Å². The lowest BCUT2D eigenvalue weighted by Gasteiger charge is -2.06. The van der Waals surface area contributed by atoms with Crippen molar-refractivity contribution in [2.45, 2.75) is 0 Å². The van der Waals surface area contributed by atoms with Gasteiger partial charge in [0.1, 0.15) is 11.6 Å². The number of hydrogen-bond acceptors (Lipinski definition) is 5. The molecule has 8 heteroatoms. The fourth-order valence-electron chi connectivity index (χ4n) is 2.36. The first-order valence-corrected chi connectivity index (χ1v) is 8.44. The standard InChI is InChI=1S/C18H15FN4O2S/c1-21-18-23(22-9-11-3-2-4-13(19)7-11)15(10-26-18)12-5-6-16(24)14(8-12)17(20)25/h2-10,24H,1H3,(H2,20,25)/b21-18?,22-9-.